The second-order valence-electron chi connectivity index (χ2n) is 6.88. The molecule has 0 saturated carbocycles. The molecule has 27 heavy (non-hydrogen) atoms. The molecule has 0 N–H and O–H groups in total. The number of methoxy groups -OCH3 is 4. The second-order valence-corrected chi connectivity index (χ2v) is 6.88. The molecule has 146 valence electrons. The summed E-state index contributed by atoms with van der Waals surface area (Å²) >= 11 is 0. The Bertz CT molecular complexity index is 790. The summed E-state index contributed by atoms with van der Waals surface area (Å²) in [6.07, 6.45) is 3.01. The van der Waals surface area contributed by atoms with E-state index in [1.54, 1.807) is 28.4 Å². The van der Waals surface area contributed by atoms with Crippen molar-refractivity contribution in [1.82, 2.24) is 4.90 Å². The molecule has 5 heteroatoms. The molecule has 0 bridgehead atoms. The first-order valence-corrected chi connectivity index (χ1v) is 9.27. The van der Waals surface area contributed by atoms with Crippen molar-refractivity contribution in [2.24, 2.45) is 0 Å². The van der Waals surface area contributed by atoms with Crippen LogP contribution in [-0.2, 0) is 12.8 Å². The molecule has 0 aliphatic carbocycles. The van der Waals surface area contributed by atoms with Crippen molar-refractivity contribution in [1.29, 1.82) is 0 Å². The van der Waals surface area contributed by atoms with E-state index >= 15 is 0 Å². The lowest BCUT2D eigenvalue weighted by molar-refractivity contribution is 0.218. The second kappa shape index (κ2) is 8.53. The minimum atomic E-state index is 0.349. The fourth-order valence-corrected chi connectivity index (χ4v) is 3.87. The molecule has 0 radical (unpaired) electrons. The molecular weight excluding hydrogens is 342 g/mol. The van der Waals surface area contributed by atoms with Crippen molar-refractivity contribution in [2.75, 3.05) is 42.0 Å². The predicted molar refractivity (Wildman–Crippen MR) is 106 cm³/mol. The Morgan fingerprint density at radius 3 is 2.15 bits per heavy atom. The highest BCUT2D eigenvalue weighted by Gasteiger charge is 2.26. The van der Waals surface area contributed by atoms with Gasteiger partial charge in [0.1, 0.15) is 0 Å². The standard InChI is InChI=1S/C22H29NO4/c1-23-11-10-16-13-21(26-4)22(27-5)14-17(16)18(23)8-6-15-7-9-19(24-2)20(12-15)25-3/h7,9,12-14,18H,6,8,10-11H2,1-5H3. The molecule has 1 aliphatic heterocycles. The van der Waals surface area contributed by atoms with Gasteiger partial charge in [-0.1, -0.05) is 6.07 Å². The van der Waals surface area contributed by atoms with Gasteiger partial charge in [-0.2, -0.15) is 0 Å². The summed E-state index contributed by atoms with van der Waals surface area (Å²) in [6.45, 7) is 1.04. The van der Waals surface area contributed by atoms with E-state index in [2.05, 4.69) is 36.2 Å². The van der Waals surface area contributed by atoms with Gasteiger partial charge in [-0.3, -0.25) is 4.90 Å². The van der Waals surface area contributed by atoms with Gasteiger partial charge in [0.2, 0.25) is 0 Å². The fraction of sp³-hybridized carbons (Fsp3) is 0.455. The van der Waals surface area contributed by atoms with Gasteiger partial charge in [0.05, 0.1) is 28.4 Å². The van der Waals surface area contributed by atoms with Gasteiger partial charge in [0.25, 0.3) is 0 Å². The number of hydrogen-bond donors (Lipinski definition) is 0. The Morgan fingerprint density at radius 1 is 0.852 bits per heavy atom. The summed E-state index contributed by atoms with van der Waals surface area (Å²) in [7, 11) is 8.90. The van der Waals surface area contributed by atoms with Crippen molar-refractivity contribution in [3.63, 3.8) is 0 Å². The Hall–Kier alpha value is -2.40. The SMILES string of the molecule is COc1ccc(CCC2c3cc(OC)c(OC)cc3CCN2C)cc1OC. The first-order valence-electron chi connectivity index (χ1n) is 9.27. The molecule has 5 nitrogen and oxygen atoms in total. The van der Waals surface area contributed by atoms with Gasteiger partial charge in [0, 0.05) is 12.6 Å². The van der Waals surface area contributed by atoms with E-state index in [9.17, 15) is 0 Å². The molecular formula is C22H29NO4. The van der Waals surface area contributed by atoms with E-state index in [4.69, 9.17) is 18.9 Å². The maximum Gasteiger partial charge on any atom is 0.161 e. The number of fused-ring (bicyclic) bond motifs is 1. The lowest BCUT2D eigenvalue weighted by Gasteiger charge is -2.35. The minimum absolute atomic E-state index is 0.349. The molecule has 0 aromatic heterocycles. The van der Waals surface area contributed by atoms with Gasteiger partial charge < -0.3 is 18.9 Å². The Morgan fingerprint density at radius 2 is 1.48 bits per heavy atom. The third-order valence-electron chi connectivity index (χ3n) is 5.42. The van der Waals surface area contributed by atoms with E-state index in [0.29, 0.717) is 6.04 Å². The first-order chi connectivity index (χ1) is 13.1. The van der Waals surface area contributed by atoms with Crippen LogP contribution in [0, 0.1) is 0 Å². The van der Waals surface area contributed by atoms with Gasteiger partial charge in [-0.05, 0) is 67.3 Å². The highest BCUT2D eigenvalue weighted by atomic mass is 16.5. The topological polar surface area (TPSA) is 40.2 Å². The fourth-order valence-electron chi connectivity index (χ4n) is 3.87. The molecule has 1 aliphatic rings. The molecule has 0 fully saturated rings. The smallest absolute Gasteiger partial charge is 0.161 e. The highest BCUT2D eigenvalue weighted by Crippen LogP contribution is 2.39. The number of aryl methyl sites for hydroxylation is 1. The highest BCUT2D eigenvalue weighted by molar-refractivity contribution is 5.49. The van der Waals surface area contributed by atoms with Crippen molar-refractivity contribution in [3.05, 3.63) is 47.0 Å². The van der Waals surface area contributed by atoms with Crippen molar-refractivity contribution >= 4 is 0 Å². The molecule has 1 heterocycles. The van der Waals surface area contributed by atoms with Crippen LogP contribution in [0.3, 0.4) is 0 Å². The third kappa shape index (κ3) is 3.98. The Kier molecular flexibility index (Phi) is 6.11. The third-order valence-corrected chi connectivity index (χ3v) is 5.42. The number of hydrogen-bond acceptors (Lipinski definition) is 5. The molecule has 1 unspecified atom stereocenters. The van der Waals surface area contributed by atoms with Crippen LogP contribution in [0.1, 0.15) is 29.2 Å². The van der Waals surface area contributed by atoms with E-state index < -0.39 is 0 Å². The van der Waals surface area contributed by atoms with Gasteiger partial charge in [0.15, 0.2) is 23.0 Å². The first kappa shape index (κ1) is 19.4. The van der Waals surface area contributed by atoms with Crippen LogP contribution in [0.15, 0.2) is 30.3 Å². The minimum Gasteiger partial charge on any atom is -0.493 e. The van der Waals surface area contributed by atoms with Crippen molar-refractivity contribution in [2.45, 2.75) is 25.3 Å². The van der Waals surface area contributed by atoms with Crippen molar-refractivity contribution in [3.8, 4) is 23.0 Å². The monoisotopic (exact) mass is 371 g/mol. The van der Waals surface area contributed by atoms with E-state index in [0.717, 1.165) is 48.8 Å². The summed E-state index contributed by atoms with van der Waals surface area (Å²) in [4.78, 5) is 2.43. The van der Waals surface area contributed by atoms with E-state index in [-0.39, 0.29) is 0 Å². The average Bonchev–Trinajstić information content (AvgIpc) is 2.71. The molecule has 1 atom stereocenters. The number of nitrogens with zero attached hydrogens (tertiary/aromatic N) is 1. The zero-order valence-electron chi connectivity index (χ0n) is 16.9. The van der Waals surface area contributed by atoms with Gasteiger partial charge >= 0.3 is 0 Å². The predicted octanol–water partition coefficient (Wildman–Crippen LogP) is 3.88. The van der Waals surface area contributed by atoms with Crippen LogP contribution in [0.4, 0.5) is 0 Å². The zero-order valence-corrected chi connectivity index (χ0v) is 16.9. The van der Waals surface area contributed by atoms with E-state index in [1.807, 2.05) is 6.07 Å². The lowest BCUT2D eigenvalue weighted by Crippen LogP contribution is -2.32. The van der Waals surface area contributed by atoms with Gasteiger partial charge in [-0.25, -0.2) is 0 Å². The molecule has 2 aromatic rings. The molecule has 0 amide bonds. The van der Waals surface area contributed by atoms with Crippen LogP contribution in [0.25, 0.3) is 0 Å². The average molecular weight is 371 g/mol. The molecule has 0 spiro atoms. The number of ether oxygens (including phenoxy) is 4. The van der Waals surface area contributed by atoms with Crippen LogP contribution in [-0.4, -0.2) is 46.9 Å². The van der Waals surface area contributed by atoms with Crippen molar-refractivity contribution < 1.29 is 18.9 Å². The normalized spacial score (nSPS) is 16.6. The number of benzene rings is 2. The quantitative estimate of drug-likeness (QED) is 0.739. The summed E-state index contributed by atoms with van der Waals surface area (Å²) in [6, 6.07) is 10.8. The van der Waals surface area contributed by atoms with Gasteiger partial charge in [-0.15, -0.1) is 0 Å². The van der Waals surface area contributed by atoms with Crippen LogP contribution < -0.4 is 18.9 Å². The number of rotatable bonds is 7. The molecule has 2 aromatic carbocycles. The van der Waals surface area contributed by atoms with Crippen LogP contribution >= 0.6 is 0 Å². The summed E-state index contributed by atoms with van der Waals surface area (Å²) in [5.41, 5.74) is 3.93. The zero-order chi connectivity index (χ0) is 19.4. The maximum atomic E-state index is 5.53. The Labute approximate surface area is 161 Å². The molecule has 3 rings (SSSR count). The Balaban J connectivity index is 1.83. The lowest BCUT2D eigenvalue weighted by atomic mass is 9.89. The maximum absolute atomic E-state index is 5.53. The molecule has 0 saturated heterocycles. The summed E-state index contributed by atoms with van der Waals surface area (Å²) < 4.78 is 21.8. The van der Waals surface area contributed by atoms with Crippen LogP contribution in [0.2, 0.25) is 0 Å². The summed E-state index contributed by atoms with van der Waals surface area (Å²) in [5, 5.41) is 0. The van der Waals surface area contributed by atoms with Crippen LogP contribution in [0.5, 0.6) is 23.0 Å². The van der Waals surface area contributed by atoms with E-state index in [1.165, 1.54) is 16.7 Å². The summed E-state index contributed by atoms with van der Waals surface area (Å²) in [5.74, 6) is 3.14. The number of likely N-dealkylation sites (N-methyl/N-ethyl adjacent to an activating group) is 1. The largest absolute Gasteiger partial charge is 0.493 e.